The highest BCUT2D eigenvalue weighted by molar-refractivity contribution is 7.84. The van der Waals surface area contributed by atoms with Crippen LogP contribution in [0.2, 0.25) is 0 Å². The summed E-state index contributed by atoms with van der Waals surface area (Å²) in [7, 11) is -1.23. The molecule has 2 aromatic rings. The molecule has 4 nitrogen and oxygen atoms in total. The number of benzene rings is 1. The zero-order valence-electron chi connectivity index (χ0n) is 14.2. The molecule has 0 spiro atoms. The maximum atomic E-state index is 13.2. The first-order chi connectivity index (χ1) is 11.2. The van der Waals surface area contributed by atoms with E-state index in [4.69, 9.17) is 4.74 Å². The van der Waals surface area contributed by atoms with Crippen LogP contribution in [0.3, 0.4) is 0 Å². The molecule has 0 aliphatic carbocycles. The van der Waals surface area contributed by atoms with Gasteiger partial charge < -0.3 is 4.74 Å². The first kappa shape index (κ1) is 17.0. The maximum absolute atomic E-state index is 13.2. The fourth-order valence-corrected chi connectivity index (χ4v) is 3.46. The molecule has 24 heavy (non-hydrogen) atoms. The lowest BCUT2D eigenvalue weighted by Crippen LogP contribution is -2.47. The van der Waals surface area contributed by atoms with Gasteiger partial charge in [-0.2, -0.15) is 0 Å². The van der Waals surface area contributed by atoms with Gasteiger partial charge in [-0.05, 0) is 58.0 Å². The molecule has 3 rings (SSSR count). The summed E-state index contributed by atoms with van der Waals surface area (Å²) in [4.78, 5) is 4.39. The van der Waals surface area contributed by atoms with Crippen molar-refractivity contribution in [3.63, 3.8) is 0 Å². The molecule has 2 unspecified atom stereocenters. The molecule has 6 heteroatoms. The van der Waals surface area contributed by atoms with Gasteiger partial charge in [-0.1, -0.05) is 0 Å². The molecule has 0 bridgehead atoms. The molecular formula is C18H21FN2O2S. The van der Waals surface area contributed by atoms with E-state index in [0.29, 0.717) is 18.1 Å². The summed E-state index contributed by atoms with van der Waals surface area (Å²) >= 11 is 0. The Hall–Kier alpha value is -1.79. The Morgan fingerprint density at radius 2 is 1.92 bits per heavy atom. The summed E-state index contributed by atoms with van der Waals surface area (Å²) in [6, 6.07) is 8.03. The summed E-state index contributed by atoms with van der Waals surface area (Å²) in [6.07, 6.45) is 1.70. The van der Waals surface area contributed by atoms with Crippen molar-refractivity contribution in [2.75, 3.05) is 6.61 Å². The minimum absolute atomic E-state index is 0.292. The van der Waals surface area contributed by atoms with Gasteiger partial charge in [-0.25, -0.2) is 13.3 Å². The quantitative estimate of drug-likeness (QED) is 0.923. The van der Waals surface area contributed by atoms with E-state index in [-0.39, 0.29) is 10.6 Å². The SMILES string of the molecule is CC1(NS(=O)C(C)(C)C)COc2c1ccnc2-c1ccc(F)cc1. The Morgan fingerprint density at radius 3 is 2.54 bits per heavy atom. The zero-order chi connectivity index (χ0) is 17.5. The van der Waals surface area contributed by atoms with Crippen LogP contribution in [0.4, 0.5) is 4.39 Å². The second kappa shape index (κ2) is 5.93. The minimum Gasteiger partial charge on any atom is -0.489 e. The van der Waals surface area contributed by atoms with Crippen molar-refractivity contribution < 1.29 is 13.3 Å². The van der Waals surface area contributed by atoms with Gasteiger partial charge in [0.05, 0.1) is 21.3 Å². The number of nitrogens with zero attached hydrogens (tertiary/aromatic N) is 1. The molecule has 1 N–H and O–H groups in total. The van der Waals surface area contributed by atoms with Crippen LogP contribution in [0.15, 0.2) is 36.5 Å². The molecule has 0 radical (unpaired) electrons. The van der Waals surface area contributed by atoms with Crippen molar-refractivity contribution >= 4 is 11.0 Å². The third kappa shape index (κ3) is 3.08. The molecule has 1 aromatic carbocycles. The molecule has 0 saturated carbocycles. The predicted octanol–water partition coefficient (Wildman–Crippen LogP) is 3.55. The van der Waals surface area contributed by atoms with Gasteiger partial charge in [-0.3, -0.25) is 4.98 Å². The molecule has 1 aliphatic rings. The van der Waals surface area contributed by atoms with Gasteiger partial charge in [0.15, 0.2) is 5.75 Å². The normalized spacial score (nSPS) is 21.2. The summed E-state index contributed by atoms with van der Waals surface area (Å²) in [5, 5.41) is 0. The Kier molecular flexibility index (Phi) is 4.21. The maximum Gasteiger partial charge on any atom is 0.150 e. The highest BCUT2D eigenvalue weighted by atomic mass is 32.2. The fourth-order valence-electron chi connectivity index (χ4n) is 2.58. The third-order valence-corrected chi connectivity index (χ3v) is 5.74. The Bertz CT molecular complexity index is 787. The van der Waals surface area contributed by atoms with E-state index in [1.807, 2.05) is 33.8 Å². The average Bonchev–Trinajstić information content (AvgIpc) is 2.85. The van der Waals surface area contributed by atoms with Crippen LogP contribution >= 0.6 is 0 Å². The average molecular weight is 348 g/mol. The monoisotopic (exact) mass is 348 g/mol. The number of nitrogens with one attached hydrogen (secondary N) is 1. The van der Waals surface area contributed by atoms with Crippen LogP contribution in [0.25, 0.3) is 11.3 Å². The van der Waals surface area contributed by atoms with Gasteiger partial charge in [0, 0.05) is 17.3 Å². The molecule has 1 aromatic heterocycles. The van der Waals surface area contributed by atoms with E-state index in [0.717, 1.165) is 11.1 Å². The van der Waals surface area contributed by atoms with Crippen molar-refractivity contribution in [2.24, 2.45) is 0 Å². The van der Waals surface area contributed by atoms with Crippen molar-refractivity contribution in [2.45, 2.75) is 38.0 Å². The molecule has 128 valence electrons. The van der Waals surface area contributed by atoms with E-state index in [9.17, 15) is 8.60 Å². The van der Waals surface area contributed by atoms with Gasteiger partial charge in [0.2, 0.25) is 0 Å². The van der Waals surface area contributed by atoms with E-state index >= 15 is 0 Å². The number of ether oxygens (including phenoxy) is 1. The fraction of sp³-hybridized carbons (Fsp3) is 0.389. The van der Waals surface area contributed by atoms with Gasteiger partial charge in [-0.15, -0.1) is 0 Å². The van der Waals surface area contributed by atoms with Crippen LogP contribution in [0, 0.1) is 5.82 Å². The van der Waals surface area contributed by atoms with Gasteiger partial charge in [0.1, 0.15) is 18.1 Å². The first-order valence-electron chi connectivity index (χ1n) is 7.79. The number of fused-ring (bicyclic) bond motifs is 1. The lowest BCUT2D eigenvalue weighted by Gasteiger charge is -2.28. The van der Waals surface area contributed by atoms with Crippen LogP contribution in [-0.4, -0.2) is 20.5 Å². The van der Waals surface area contributed by atoms with E-state index in [1.54, 1.807) is 18.3 Å². The smallest absolute Gasteiger partial charge is 0.150 e. The van der Waals surface area contributed by atoms with E-state index < -0.39 is 16.5 Å². The highest BCUT2D eigenvalue weighted by Crippen LogP contribution is 2.42. The molecule has 0 fully saturated rings. The number of hydrogen-bond acceptors (Lipinski definition) is 3. The van der Waals surface area contributed by atoms with Crippen molar-refractivity contribution in [1.82, 2.24) is 9.71 Å². The third-order valence-electron chi connectivity index (χ3n) is 4.00. The van der Waals surface area contributed by atoms with E-state index in [1.165, 1.54) is 12.1 Å². The minimum atomic E-state index is -1.23. The standard InChI is InChI=1S/C18H21FN2O2S/c1-17(2,3)24(22)21-18(4)11-23-16-14(18)9-10-20-15(16)12-5-7-13(19)8-6-12/h5-10,21H,11H2,1-4H3. The van der Waals surface area contributed by atoms with Crippen molar-refractivity contribution in [3.8, 4) is 17.0 Å². The Balaban J connectivity index is 1.99. The van der Waals surface area contributed by atoms with Gasteiger partial charge >= 0.3 is 0 Å². The molecule has 1 aliphatic heterocycles. The van der Waals surface area contributed by atoms with Crippen molar-refractivity contribution in [3.05, 3.63) is 47.9 Å². The lowest BCUT2D eigenvalue weighted by molar-refractivity contribution is 0.269. The summed E-state index contributed by atoms with van der Waals surface area (Å²) in [5.41, 5.74) is 1.80. The van der Waals surface area contributed by atoms with Crippen LogP contribution in [0.1, 0.15) is 33.3 Å². The highest BCUT2D eigenvalue weighted by Gasteiger charge is 2.41. The second-order valence-corrected chi connectivity index (χ2v) is 9.11. The zero-order valence-corrected chi connectivity index (χ0v) is 15.0. The summed E-state index contributed by atoms with van der Waals surface area (Å²) < 4.78 is 34.4. The predicted molar refractivity (Wildman–Crippen MR) is 93.5 cm³/mol. The van der Waals surface area contributed by atoms with E-state index in [2.05, 4.69) is 9.71 Å². The molecule has 2 atom stereocenters. The largest absolute Gasteiger partial charge is 0.489 e. The van der Waals surface area contributed by atoms with Gasteiger partial charge in [0.25, 0.3) is 0 Å². The first-order valence-corrected chi connectivity index (χ1v) is 8.94. The lowest BCUT2D eigenvalue weighted by atomic mass is 9.95. The van der Waals surface area contributed by atoms with Crippen LogP contribution < -0.4 is 9.46 Å². The Morgan fingerprint density at radius 1 is 1.25 bits per heavy atom. The summed E-state index contributed by atoms with van der Waals surface area (Å²) in [6.45, 7) is 8.10. The second-order valence-electron chi connectivity index (χ2n) is 7.15. The number of aromatic nitrogens is 1. The molecule has 0 amide bonds. The number of halogens is 1. The number of rotatable bonds is 3. The number of hydrogen-bond donors (Lipinski definition) is 1. The summed E-state index contributed by atoms with van der Waals surface area (Å²) in [5.74, 6) is 0.365. The van der Waals surface area contributed by atoms with Crippen LogP contribution in [-0.2, 0) is 16.5 Å². The molecule has 2 heterocycles. The topological polar surface area (TPSA) is 51.2 Å². The molecular weight excluding hydrogens is 327 g/mol. The van der Waals surface area contributed by atoms with Crippen molar-refractivity contribution in [1.29, 1.82) is 0 Å². The van der Waals surface area contributed by atoms with Crippen LogP contribution in [0.5, 0.6) is 5.75 Å². The molecule has 0 saturated heterocycles. The Labute approximate surface area is 144 Å². The number of pyridine rings is 1.